The minimum absolute atomic E-state index is 0.592. The molecule has 0 aromatic carbocycles. The van der Waals surface area contributed by atoms with Crippen molar-refractivity contribution in [1.82, 2.24) is 10.2 Å². The van der Waals surface area contributed by atoms with E-state index >= 15 is 0 Å². The van der Waals surface area contributed by atoms with Crippen LogP contribution in [0.4, 0.5) is 0 Å². The molecule has 0 aromatic heterocycles. The number of nitrogens with one attached hydrogen (secondary N) is 1. The van der Waals surface area contributed by atoms with Crippen molar-refractivity contribution in [2.75, 3.05) is 39.9 Å². The summed E-state index contributed by atoms with van der Waals surface area (Å²) in [6.07, 6.45) is 2.76. The maximum Gasteiger partial charge on any atom is 0.0593 e. The molecule has 3 nitrogen and oxygen atoms in total. The van der Waals surface area contributed by atoms with E-state index in [9.17, 15) is 0 Å². The van der Waals surface area contributed by atoms with Crippen LogP contribution < -0.4 is 5.32 Å². The summed E-state index contributed by atoms with van der Waals surface area (Å²) in [5.41, 5.74) is 0. The normalized spacial score (nSPS) is 18.4. The van der Waals surface area contributed by atoms with Gasteiger partial charge in [0.05, 0.1) is 6.61 Å². The van der Waals surface area contributed by atoms with Gasteiger partial charge in [0.2, 0.25) is 0 Å². The molecule has 1 N–H and O–H groups in total. The van der Waals surface area contributed by atoms with Crippen LogP contribution in [0.2, 0.25) is 0 Å². The summed E-state index contributed by atoms with van der Waals surface area (Å²) in [6, 6.07) is 0.592. The second-order valence-electron chi connectivity index (χ2n) is 4.66. The summed E-state index contributed by atoms with van der Waals surface area (Å²) in [7, 11) is 2.17. The van der Waals surface area contributed by atoms with Crippen LogP contribution >= 0.6 is 0 Å². The first kappa shape index (κ1) is 12.9. The highest BCUT2D eigenvalue weighted by Crippen LogP contribution is 2.28. The molecule has 1 saturated carbocycles. The van der Waals surface area contributed by atoms with Crippen molar-refractivity contribution < 1.29 is 4.74 Å². The van der Waals surface area contributed by atoms with E-state index in [0.29, 0.717) is 6.04 Å². The zero-order chi connectivity index (χ0) is 11.1. The Labute approximate surface area is 94.2 Å². The van der Waals surface area contributed by atoms with Crippen LogP contribution in [0.25, 0.3) is 0 Å². The van der Waals surface area contributed by atoms with Crippen molar-refractivity contribution in [2.24, 2.45) is 5.92 Å². The van der Waals surface area contributed by atoms with Crippen LogP contribution in [0.5, 0.6) is 0 Å². The van der Waals surface area contributed by atoms with Gasteiger partial charge in [0.1, 0.15) is 0 Å². The summed E-state index contributed by atoms with van der Waals surface area (Å²) >= 11 is 0. The molecule has 90 valence electrons. The molecule has 3 heteroatoms. The molecule has 0 aromatic rings. The van der Waals surface area contributed by atoms with Crippen molar-refractivity contribution >= 4 is 0 Å². The maximum atomic E-state index is 5.62. The predicted molar refractivity (Wildman–Crippen MR) is 64.2 cm³/mol. The van der Waals surface area contributed by atoms with Gasteiger partial charge in [0.15, 0.2) is 0 Å². The number of likely N-dealkylation sites (N-methyl/N-ethyl adjacent to an activating group) is 2. The summed E-state index contributed by atoms with van der Waals surface area (Å²) in [4.78, 5) is 2.36. The number of hydrogen-bond acceptors (Lipinski definition) is 3. The van der Waals surface area contributed by atoms with Gasteiger partial charge >= 0.3 is 0 Å². The Hall–Kier alpha value is -0.120. The van der Waals surface area contributed by atoms with E-state index in [1.807, 2.05) is 0 Å². The molecule has 1 unspecified atom stereocenters. The van der Waals surface area contributed by atoms with Crippen LogP contribution in [0.15, 0.2) is 0 Å². The molecule has 1 fully saturated rings. The molecule has 0 heterocycles. The zero-order valence-electron chi connectivity index (χ0n) is 10.5. The molecule has 1 rings (SSSR count). The van der Waals surface area contributed by atoms with Crippen LogP contribution in [0.3, 0.4) is 0 Å². The van der Waals surface area contributed by atoms with Gasteiger partial charge in [0.25, 0.3) is 0 Å². The van der Waals surface area contributed by atoms with Gasteiger partial charge in [-0.3, -0.25) is 0 Å². The quantitative estimate of drug-likeness (QED) is 0.586. The molecule has 0 radical (unpaired) electrons. The molecule has 15 heavy (non-hydrogen) atoms. The molecule has 1 aliphatic carbocycles. The second-order valence-corrected chi connectivity index (χ2v) is 4.66. The smallest absolute Gasteiger partial charge is 0.0593 e. The summed E-state index contributed by atoms with van der Waals surface area (Å²) in [5, 5.41) is 3.37. The predicted octanol–water partition coefficient (Wildman–Crippen LogP) is 1.34. The largest absolute Gasteiger partial charge is 0.380 e. The van der Waals surface area contributed by atoms with E-state index < -0.39 is 0 Å². The molecule has 0 bridgehead atoms. The molecule has 1 aliphatic rings. The highest BCUT2D eigenvalue weighted by Gasteiger charge is 2.21. The molecular formula is C12H26N2O. The van der Waals surface area contributed by atoms with E-state index in [0.717, 1.165) is 38.8 Å². The van der Waals surface area contributed by atoms with Gasteiger partial charge in [-0.15, -0.1) is 0 Å². The van der Waals surface area contributed by atoms with Gasteiger partial charge < -0.3 is 15.0 Å². The van der Waals surface area contributed by atoms with Crippen LogP contribution in [-0.4, -0.2) is 50.8 Å². The van der Waals surface area contributed by atoms with Crippen LogP contribution in [-0.2, 0) is 4.74 Å². The topological polar surface area (TPSA) is 24.5 Å². The van der Waals surface area contributed by atoms with Crippen LogP contribution in [0.1, 0.15) is 26.7 Å². The average molecular weight is 214 g/mol. The third-order valence-electron chi connectivity index (χ3n) is 3.08. The third-order valence-corrected chi connectivity index (χ3v) is 3.08. The van der Waals surface area contributed by atoms with Crippen molar-refractivity contribution in [1.29, 1.82) is 0 Å². The SMILES string of the molecule is CCNCC(C)N(C)CCOCC1CC1. The monoisotopic (exact) mass is 214 g/mol. The van der Waals surface area contributed by atoms with Crippen LogP contribution in [0, 0.1) is 5.92 Å². The summed E-state index contributed by atoms with van der Waals surface area (Å²) in [6.45, 7) is 9.42. The fourth-order valence-electron chi connectivity index (χ4n) is 1.47. The van der Waals surface area contributed by atoms with E-state index in [1.165, 1.54) is 12.8 Å². The summed E-state index contributed by atoms with van der Waals surface area (Å²) in [5.74, 6) is 0.884. The molecule has 1 atom stereocenters. The van der Waals surface area contributed by atoms with Gasteiger partial charge in [-0.25, -0.2) is 0 Å². The van der Waals surface area contributed by atoms with Crippen molar-refractivity contribution in [3.8, 4) is 0 Å². The lowest BCUT2D eigenvalue weighted by Gasteiger charge is -2.24. The Morgan fingerprint density at radius 3 is 2.80 bits per heavy atom. The minimum atomic E-state index is 0.592. The first-order chi connectivity index (χ1) is 7.24. The standard InChI is InChI=1S/C12H26N2O/c1-4-13-9-11(2)14(3)7-8-15-10-12-5-6-12/h11-13H,4-10H2,1-3H3. The Balaban J connectivity index is 1.92. The Kier molecular flexibility index (Phi) is 6.22. The van der Waals surface area contributed by atoms with E-state index in [-0.39, 0.29) is 0 Å². The third kappa shape index (κ3) is 6.13. The highest BCUT2D eigenvalue weighted by molar-refractivity contribution is 4.72. The Bertz CT molecular complexity index is 160. The van der Waals surface area contributed by atoms with Gasteiger partial charge in [-0.05, 0) is 39.3 Å². The fraction of sp³-hybridized carbons (Fsp3) is 1.00. The lowest BCUT2D eigenvalue weighted by atomic mass is 10.3. The Morgan fingerprint density at radius 1 is 1.47 bits per heavy atom. The number of rotatable bonds is 9. The molecule has 0 saturated heterocycles. The first-order valence-electron chi connectivity index (χ1n) is 6.22. The van der Waals surface area contributed by atoms with E-state index in [2.05, 4.69) is 31.1 Å². The Morgan fingerprint density at radius 2 is 2.20 bits per heavy atom. The molecule has 0 spiro atoms. The highest BCUT2D eigenvalue weighted by atomic mass is 16.5. The number of ether oxygens (including phenoxy) is 1. The molecule has 0 aliphatic heterocycles. The van der Waals surface area contributed by atoms with Gasteiger partial charge in [-0.2, -0.15) is 0 Å². The molecule has 0 amide bonds. The number of nitrogens with zero attached hydrogens (tertiary/aromatic N) is 1. The van der Waals surface area contributed by atoms with E-state index in [4.69, 9.17) is 4.74 Å². The summed E-state index contributed by atoms with van der Waals surface area (Å²) < 4.78 is 5.62. The number of hydrogen-bond donors (Lipinski definition) is 1. The fourth-order valence-corrected chi connectivity index (χ4v) is 1.47. The second kappa shape index (κ2) is 7.20. The maximum absolute atomic E-state index is 5.62. The van der Waals surface area contributed by atoms with Gasteiger partial charge in [0, 0.05) is 25.7 Å². The zero-order valence-corrected chi connectivity index (χ0v) is 10.5. The first-order valence-corrected chi connectivity index (χ1v) is 6.22. The van der Waals surface area contributed by atoms with Crippen molar-refractivity contribution in [3.05, 3.63) is 0 Å². The lowest BCUT2D eigenvalue weighted by molar-refractivity contribution is 0.0935. The van der Waals surface area contributed by atoms with E-state index in [1.54, 1.807) is 0 Å². The minimum Gasteiger partial charge on any atom is -0.380 e. The average Bonchev–Trinajstić information content (AvgIpc) is 3.04. The lowest BCUT2D eigenvalue weighted by Crippen LogP contribution is -2.39. The van der Waals surface area contributed by atoms with Crippen molar-refractivity contribution in [3.63, 3.8) is 0 Å². The van der Waals surface area contributed by atoms with Gasteiger partial charge in [-0.1, -0.05) is 6.92 Å². The molecular weight excluding hydrogens is 188 g/mol. The van der Waals surface area contributed by atoms with Crippen molar-refractivity contribution in [2.45, 2.75) is 32.7 Å².